The van der Waals surface area contributed by atoms with Gasteiger partial charge in [0.1, 0.15) is 11.9 Å². The molecule has 0 saturated carbocycles. The number of nitrogen functional groups attached to an aromatic ring is 1. The van der Waals surface area contributed by atoms with Gasteiger partial charge in [-0.15, -0.1) is 0 Å². The molecule has 0 radical (unpaired) electrons. The second kappa shape index (κ2) is 10.3. The largest absolute Gasteiger partial charge is 0.480 e. The van der Waals surface area contributed by atoms with Crippen LogP contribution in [0.3, 0.4) is 0 Å². The van der Waals surface area contributed by atoms with E-state index in [0.29, 0.717) is 49.0 Å². The molecular weight excluding hydrogens is 516 g/mol. The van der Waals surface area contributed by atoms with E-state index in [1.807, 2.05) is 6.08 Å². The highest BCUT2D eigenvalue weighted by molar-refractivity contribution is 5.74. The number of anilines is 1. The van der Waals surface area contributed by atoms with E-state index in [2.05, 4.69) is 15.3 Å². The van der Waals surface area contributed by atoms with Crippen molar-refractivity contribution in [1.82, 2.24) is 15.3 Å². The van der Waals surface area contributed by atoms with Gasteiger partial charge < -0.3 is 20.9 Å². The highest BCUT2D eigenvalue weighted by atomic mass is 19.4. The summed E-state index contributed by atoms with van der Waals surface area (Å²) in [5.41, 5.74) is 7.77. The van der Waals surface area contributed by atoms with Crippen LogP contribution in [-0.2, 0) is 4.79 Å². The molecule has 1 aromatic heterocycles. The highest BCUT2D eigenvalue weighted by Crippen LogP contribution is 2.45. The highest BCUT2D eigenvalue weighted by Gasteiger charge is 2.44. The SMILES string of the molecule is Nc1nc(OC(c2ccc(-c3cccc(F)c3)cc2)C(F)(F)F)cc(C2=CCC3(CC2)CNC(C(=O)O)C3)n1. The normalized spacial score (nSPS) is 21.9. The van der Waals surface area contributed by atoms with Gasteiger partial charge in [-0.1, -0.05) is 42.5 Å². The summed E-state index contributed by atoms with van der Waals surface area (Å²) in [5, 5.41) is 12.3. The van der Waals surface area contributed by atoms with Crippen molar-refractivity contribution in [1.29, 1.82) is 0 Å². The van der Waals surface area contributed by atoms with E-state index in [0.717, 1.165) is 5.57 Å². The minimum atomic E-state index is -4.76. The first kappa shape index (κ1) is 26.6. The molecule has 2 heterocycles. The van der Waals surface area contributed by atoms with Gasteiger partial charge in [0.05, 0.1) is 5.69 Å². The number of nitrogens with zero attached hydrogens (tertiary/aromatic N) is 2. The number of halogens is 4. The Kier molecular flexibility index (Phi) is 7.02. The maximum absolute atomic E-state index is 14.1. The Morgan fingerprint density at radius 1 is 1.13 bits per heavy atom. The lowest BCUT2D eigenvalue weighted by atomic mass is 9.73. The van der Waals surface area contributed by atoms with Gasteiger partial charge in [0.2, 0.25) is 17.9 Å². The number of carboxylic acid groups (broad SMARTS) is 1. The second-order valence-corrected chi connectivity index (χ2v) is 10.0. The van der Waals surface area contributed by atoms with Crippen LogP contribution in [0.15, 0.2) is 60.7 Å². The zero-order valence-electron chi connectivity index (χ0n) is 20.7. The van der Waals surface area contributed by atoms with Gasteiger partial charge in [0, 0.05) is 18.2 Å². The molecule has 3 aromatic rings. The van der Waals surface area contributed by atoms with E-state index in [9.17, 15) is 27.5 Å². The maximum atomic E-state index is 14.1. The topological polar surface area (TPSA) is 110 Å². The Labute approximate surface area is 221 Å². The lowest BCUT2D eigenvalue weighted by Crippen LogP contribution is -2.30. The molecule has 5 rings (SSSR count). The Morgan fingerprint density at radius 3 is 2.51 bits per heavy atom. The van der Waals surface area contributed by atoms with Crippen LogP contribution in [0.2, 0.25) is 0 Å². The van der Waals surface area contributed by atoms with E-state index < -0.39 is 30.1 Å². The van der Waals surface area contributed by atoms with Gasteiger partial charge in [0.15, 0.2) is 0 Å². The number of ether oxygens (including phenoxy) is 1. The number of aromatic nitrogens is 2. The third-order valence-electron chi connectivity index (χ3n) is 7.32. The Morgan fingerprint density at radius 2 is 1.90 bits per heavy atom. The van der Waals surface area contributed by atoms with Gasteiger partial charge in [-0.2, -0.15) is 18.2 Å². The van der Waals surface area contributed by atoms with Gasteiger partial charge in [-0.05, 0) is 59.9 Å². The van der Waals surface area contributed by atoms with Crippen LogP contribution in [0.1, 0.15) is 43.0 Å². The number of hydrogen-bond acceptors (Lipinski definition) is 6. The second-order valence-electron chi connectivity index (χ2n) is 10.0. The van der Waals surface area contributed by atoms with Crippen LogP contribution in [-0.4, -0.2) is 39.8 Å². The number of rotatable bonds is 6. The van der Waals surface area contributed by atoms with Crippen LogP contribution in [0.25, 0.3) is 16.7 Å². The molecule has 1 aliphatic heterocycles. The predicted molar refractivity (Wildman–Crippen MR) is 136 cm³/mol. The zero-order chi connectivity index (χ0) is 27.8. The monoisotopic (exact) mass is 542 g/mol. The molecule has 0 amide bonds. The van der Waals surface area contributed by atoms with E-state index in [-0.39, 0.29) is 22.8 Å². The summed E-state index contributed by atoms with van der Waals surface area (Å²) in [4.78, 5) is 19.4. The average Bonchev–Trinajstić information content (AvgIpc) is 3.31. The first-order chi connectivity index (χ1) is 18.5. The maximum Gasteiger partial charge on any atom is 0.429 e. The molecule has 3 unspecified atom stereocenters. The molecule has 1 fully saturated rings. The standard InChI is InChI=1S/C28H26F4N4O3/c29-20-3-1-2-19(12-20)16-4-6-18(7-5-16)24(28(30,31)32)39-23-13-21(35-26(33)36-23)17-8-10-27(11-9-17)14-22(25(37)38)34-15-27/h1-8,12-13,22,24,34H,9-11,14-15H2,(H,37,38)(H2,33,35,36). The number of aliphatic carboxylic acids is 1. The molecule has 2 aromatic carbocycles. The van der Waals surface area contributed by atoms with Crippen LogP contribution in [0.4, 0.5) is 23.5 Å². The molecule has 1 spiro atoms. The number of allylic oxidation sites excluding steroid dienone is 2. The fraction of sp³-hybridized carbons (Fsp3) is 0.321. The van der Waals surface area contributed by atoms with E-state index in [1.54, 1.807) is 6.07 Å². The molecule has 204 valence electrons. The van der Waals surface area contributed by atoms with Crippen molar-refractivity contribution in [2.45, 2.75) is 44.0 Å². The first-order valence-corrected chi connectivity index (χ1v) is 12.4. The Balaban J connectivity index is 1.36. The first-order valence-electron chi connectivity index (χ1n) is 12.4. The van der Waals surface area contributed by atoms with Gasteiger partial charge in [0.25, 0.3) is 0 Å². The van der Waals surface area contributed by atoms with Crippen molar-refractivity contribution < 1.29 is 32.2 Å². The molecule has 0 bridgehead atoms. The molecular formula is C28H26F4N4O3. The molecule has 4 N–H and O–H groups in total. The summed E-state index contributed by atoms with van der Waals surface area (Å²) in [7, 11) is 0. The number of nitrogens with one attached hydrogen (secondary N) is 1. The van der Waals surface area contributed by atoms with Gasteiger partial charge in [-0.25, -0.2) is 9.37 Å². The van der Waals surface area contributed by atoms with Gasteiger partial charge in [-0.3, -0.25) is 4.79 Å². The van der Waals surface area contributed by atoms with Crippen molar-refractivity contribution in [3.05, 3.63) is 77.7 Å². The van der Waals surface area contributed by atoms with E-state index in [1.165, 1.54) is 48.5 Å². The molecule has 7 nitrogen and oxygen atoms in total. The smallest absolute Gasteiger partial charge is 0.429 e. The number of carboxylic acids is 1. The van der Waals surface area contributed by atoms with Crippen LogP contribution < -0.4 is 15.8 Å². The molecule has 1 aliphatic carbocycles. The summed E-state index contributed by atoms with van der Waals surface area (Å²) < 4.78 is 61.1. The third kappa shape index (κ3) is 5.88. The fourth-order valence-electron chi connectivity index (χ4n) is 5.24. The van der Waals surface area contributed by atoms with Gasteiger partial charge >= 0.3 is 12.1 Å². The minimum Gasteiger partial charge on any atom is -0.480 e. The van der Waals surface area contributed by atoms with E-state index >= 15 is 0 Å². The summed E-state index contributed by atoms with van der Waals surface area (Å²) in [6.45, 7) is 0.583. The number of alkyl halides is 3. The number of carbonyl (C=O) groups is 1. The van der Waals surface area contributed by atoms with Crippen molar-refractivity contribution in [3.63, 3.8) is 0 Å². The number of hydrogen-bond donors (Lipinski definition) is 3. The van der Waals surface area contributed by atoms with Crippen molar-refractivity contribution >= 4 is 17.5 Å². The minimum absolute atomic E-state index is 0.151. The summed E-state index contributed by atoms with van der Waals surface area (Å²) in [6, 6.07) is 12.0. The summed E-state index contributed by atoms with van der Waals surface area (Å²) in [5.74, 6) is -1.86. The average molecular weight is 543 g/mol. The quantitative estimate of drug-likeness (QED) is 0.351. The molecule has 39 heavy (non-hydrogen) atoms. The molecule has 3 atom stereocenters. The Hall–Kier alpha value is -3.99. The number of nitrogens with two attached hydrogens (primary N) is 1. The van der Waals surface area contributed by atoms with Crippen molar-refractivity contribution in [2.75, 3.05) is 12.3 Å². The number of benzene rings is 2. The van der Waals surface area contributed by atoms with Crippen LogP contribution in [0.5, 0.6) is 5.88 Å². The lowest BCUT2D eigenvalue weighted by molar-refractivity contribution is -0.198. The predicted octanol–water partition coefficient (Wildman–Crippen LogP) is 5.55. The summed E-state index contributed by atoms with van der Waals surface area (Å²) >= 11 is 0. The Bertz CT molecular complexity index is 1410. The van der Waals surface area contributed by atoms with Crippen molar-refractivity contribution in [3.8, 4) is 17.0 Å². The zero-order valence-corrected chi connectivity index (χ0v) is 20.7. The summed E-state index contributed by atoms with van der Waals surface area (Å²) in [6.07, 6.45) is -2.74. The lowest BCUT2D eigenvalue weighted by Gasteiger charge is -2.31. The van der Waals surface area contributed by atoms with E-state index in [4.69, 9.17) is 10.5 Å². The van der Waals surface area contributed by atoms with Crippen LogP contribution >= 0.6 is 0 Å². The van der Waals surface area contributed by atoms with Crippen LogP contribution in [0, 0.1) is 11.2 Å². The molecule has 2 aliphatic rings. The third-order valence-corrected chi connectivity index (χ3v) is 7.32. The fourth-order valence-corrected chi connectivity index (χ4v) is 5.24. The van der Waals surface area contributed by atoms with Crippen molar-refractivity contribution in [2.24, 2.45) is 5.41 Å². The molecule has 11 heteroatoms. The molecule has 1 saturated heterocycles.